The molecular formula is C11H15NO4S. The van der Waals surface area contributed by atoms with Gasteiger partial charge in [-0.1, -0.05) is 13.0 Å². The third-order valence-electron chi connectivity index (χ3n) is 2.30. The smallest absolute Gasteiger partial charge is 0.336 e. The molecule has 0 saturated carbocycles. The second-order valence-corrected chi connectivity index (χ2v) is 5.55. The lowest BCUT2D eigenvalue weighted by Crippen LogP contribution is -2.17. The molecule has 0 atom stereocenters. The highest BCUT2D eigenvalue weighted by Gasteiger charge is 2.14. The second kappa shape index (κ2) is 5.18. The molecule has 0 heterocycles. The molecule has 6 heteroatoms. The Morgan fingerprint density at radius 3 is 2.59 bits per heavy atom. The van der Waals surface area contributed by atoms with E-state index >= 15 is 0 Å². The summed E-state index contributed by atoms with van der Waals surface area (Å²) >= 11 is 0. The number of nitrogens with one attached hydrogen (secondary N) is 1. The summed E-state index contributed by atoms with van der Waals surface area (Å²) in [7, 11) is -3.39. The maximum atomic E-state index is 11.6. The predicted octanol–water partition coefficient (Wildman–Crippen LogP) is 1.84. The van der Waals surface area contributed by atoms with Crippen molar-refractivity contribution in [1.82, 2.24) is 0 Å². The maximum absolute atomic E-state index is 11.6. The zero-order valence-electron chi connectivity index (χ0n) is 9.73. The molecule has 0 aliphatic carbocycles. The molecule has 17 heavy (non-hydrogen) atoms. The van der Waals surface area contributed by atoms with E-state index in [2.05, 4.69) is 4.72 Å². The molecule has 0 fully saturated rings. The molecule has 0 aliphatic heterocycles. The Labute approximate surface area is 101 Å². The van der Waals surface area contributed by atoms with Crippen LogP contribution in [0.2, 0.25) is 0 Å². The van der Waals surface area contributed by atoms with E-state index in [1.807, 2.05) is 0 Å². The number of carbonyl (C=O) groups is 1. The van der Waals surface area contributed by atoms with Gasteiger partial charge in [0.05, 0.1) is 17.0 Å². The first-order valence-corrected chi connectivity index (χ1v) is 6.86. The fraction of sp³-hybridized carbons (Fsp3) is 0.364. The van der Waals surface area contributed by atoms with Crippen LogP contribution in [0.15, 0.2) is 18.2 Å². The Morgan fingerprint density at radius 1 is 1.41 bits per heavy atom. The minimum atomic E-state index is -3.39. The van der Waals surface area contributed by atoms with Crippen molar-refractivity contribution in [3.8, 4) is 0 Å². The van der Waals surface area contributed by atoms with Crippen LogP contribution in [0.1, 0.15) is 29.3 Å². The van der Waals surface area contributed by atoms with Gasteiger partial charge in [0.15, 0.2) is 0 Å². The Hall–Kier alpha value is -1.56. The minimum Gasteiger partial charge on any atom is -0.478 e. The normalized spacial score (nSPS) is 11.2. The number of anilines is 1. The molecule has 0 saturated heterocycles. The van der Waals surface area contributed by atoms with Crippen LogP contribution in [0.5, 0.6) is 0 Å². The molecule has 0 aromatic heterocycles. The highest BCUT2D eigenvalue weighted by atomic mass is 32.2. The molecule has 0 radical (unpaired) electrons. The zero-order chi connectivity index (χ0) is 13.1. The van der Waals surface area contributed by atoms with Gasteiger partial charge in [0, 0.05) is 0 Å². The van der Waals surface area contributed by atoms with Crippen LogP contribution in [0, 0.1) is 6.92 Å². The molecule has 0 aliphatic rings. The molecule has 0 spiro atoms. The average Bonchev–Trinajstić information content (AvgIpc) is 2.20. The number of sulfonamides is 1. The van der Waals surface area contributed by atoms with Gasteiger partial charge < -0.3 is 5.11 Å². The first kappa shape index (κ1) is 13.5. The second-order valence-electron chi connectivity index (χ2n) is 3.70. The van der Waals surface area contributed by atoms with Crippen LogP contribution in [0.4, 0.5) is 5.69 Å². The van der Waals surface area contributed by atoms with E-state index in [4.69, 9.17) is 5.11 Å². The fourth-order valence-corrected chi connectivity index (χ4v) is 2.66. The number of hydrogen-bond donors (Lipinski definition) is 2. The third-order valence-corrected chi connectivity index (χ3v) is 3.78. The van der Waals surface area contributed by atoms with Crippen molar-refractivity contribution < 1.29 is 18.3 Å². The Balaban J connectivity index is 3.09. The number of carboxylic acids is 1. The summed E-state index contributed by atoms with van der Waals surface area (Å²) in [6, 6.07) is 4.50. The Morgan fingerprint density at radius 2 is 2.06 bits per heavy atom. The number of aromatic carboxylic acids is 1. The highest BCUT2D eigenvalue weighted by Crippen LogP contribution is 2.20. The van der Waals surface area contributed by atoms with E-state index in [-0.39, 0.29) is 11.3 Å². The molecule has 0 amide bonds. The van der Waals surface area contributed by atoms with Crippen LogP contribution in [0.3, 0.4) is 0 Å². The van der Waals surface area contributed by atoms with E-state index < -0.39 is 16.0 Å². The van der Waals surface area contributed by atoms with E-state index in [1.165, 1.54) is 12.1 Å². The van der Waals surface area contributed by atoms with Crippen molar-refractivity contribution in [2.24, 2.45) is 0 Å². The van der Waals surface area contributed by atoms with Gasteiger partial charge >= 0.3 is 5.97 Å². The summed E-state index contributed by atoms with van der Waals surface area (Å²) in [5.41, 5.74) is 0.833. The molecule has 0 unspecified atom stereocenters. The molecule has 2 N–H and O–H groups in total. The molecular weight excluding hydrogens is 242 g/mol. The molecule has 0 bridgehead atoms. The van der Waals surface area contributed by atoms with Gasteiger partial charge in [0.1, 0.15) is 0 Å². The molecule has 1 aromatic rings. The zero-order valence-corrected chi connectivity index (χ0v) is 10.5. The van der Waals surface area contributed by atoms with Crippen LogP contribution >= 0.6 is 0 Å². The maximum Gasteiger partial charge on any atom is 0.336 e. The first-order valence-electron chi connectivity index (χ1n) is 5.20. The van der Waals surface area contributed by atoms with E-state index in [0.717, 1.165) is 0 Å². The lowest BCUT2D eigenvalue weighted by molar-refractivity contribution is 0.0696. The van der Waals surface area contributed by atoms with Crippen LogP contribution in [-0.4, -0.2) is 25.2 Å². The van der Waals surface area contributed by atoms with Crippen molar-refractivity contribution >= 4 is 21.7 Å². The summed E-state index contributed by atoms with van der Waals surface area (Å²) in [6.07, 6.45) is 0.507. The van der Waals surface area contributed by atoms with Crippen molar-refractivity contribution in [3.63, 3.8) is 0 Å². The van der Waals surface area contributed by atoms with Gasteiger partial charge in [0.25, 0.3) is 0 Å². The van der Waals surface area contributed by atoms with Crippen LogP contribution in [0.25, 0.3) is 0 Å². The number of carboxylic acid groups (broad SMARTS) is 1. The van der Waals surface area contributed by atoms with Gasteiger partial charge in [-0.05, 0) is 31.0 Å². The average molecular weight is 257 g/mol. The summed E-state index contributed by atoms with van der Waals surface area (Å²) in [4.78, 5) is 10.9. The Bertz CT molecular complexity index is 522. The summed E-state index contributed by atoms with van der Waals surface area (Å²) < 4.78 is 25.5. The lowest BCUT2D eigenvalue weighted by Gasteiger charge is -2.11. The molecule has 94 valence electrons. The van der Waals surface area contributed by atoms with Crippen molar-refractivity contribution in [3.05, 3.63) is 29.3 Å². The SMILES string of the molecule is CCCS(=O)(=O)Nc1cccc(C(=O)O)c1C. The standard InChI is InChI=1S/C11H15NO4S/c1-3-7-17(15,16)12-10-6-4-5-9(8(10)2)11(13)14/h4-6,12H,3,7H2,1-2H3,(H,13,14). The van der Waals surface area contributed by atoms with Crippen molar-refractivity contribution in [2.75, 3.05) is 10.5 Å². The third kappa shape index (κ3) is 3.45. The predicted molar refractivity (Wildman–Crippen MR) is 65.8 cm³/mol. The van der Waals surface area contributed by atoms with Crippen molar-refractivity contribution in [1.29, 1.82) is 0 Å². The van der Waals surface area contributed by atoms with Gasteiger partial charge in [-0.2, -0.15) is 0 Å². The monoisotopic (exact) mass is 257 g/mol. The fourth-order valence-electron chi connectivity index (χ4n) is 1.47. The van der Waals surface area contributed by atoms with E-state index in [9.17, 15) is 13.2 Å². The number of hydrogen-bond acceptors (Lipinski definition) is 3. The van der Waals surface area contributed by atoms with Gasteiger partial charge in [-0.25, -0.2) is 13.2 Å². The molecule has 1 aromatic carbocycles. The summed E-state index contributed by atoms with van der Waals surface area (Å²) in [5.74, 6) is -1.05. The Kier molecular flexibility index (Phi) is 4.11. The highest BCUT2D eigenvalue weighted by molar-refractivity contribution is 7.92. The molecule has 5 nitrogen and oxygen atoms in total. The van der Waals surface area contributed by atoms with Gasteiger partial charge in [-0.3, -0.25) is 4.72 Å². The van der Waals surface area contributed by atoms with E-state index in [1.54, 1.807) is 19.9 Å². The van der Waals surface area contributed by atoms with Crippen molar-refractivity contribution in [2.45, 2.75) is 20.3 Å². The van der Waals surface area contributed by atoms with Crippen LogP contribution in [-0.2, 0) is 10.0 Å². The summed E-state index contributed by atoms with van der Waals surface area (Å²) in [5, 5.41) is 8.91. The number of rotatable bonds is 5. The van der Waals surface area contributed by atoms with Crippen LogP contribution < -0.4 is 4.72 Å². The van der Waals surface area contributed by atoms with Gasteiger partial charge in [-0.15, -0.1) is 0 Å². The topological polar surface area (TPSA) is 83.5 Å². The van der Waals surface area contributed by atoms with E-state index in [0.29, 0.717) is 17.7 Å². The lowest BCUT2D eigenvalue weighted by atomic mass is 10.1. The largest absolute Gasteiger partial charge is 0.478 e. The molecule has 1 rings (SSSR count). The quantitative estimate of drug-likeness (QED) is 0.843. The minimum absolute atomic E-state index is 0.0176. The van der Waals surface area contributed by atoms with Gasteiger partial charge in [0.2, 0.25) is 10.0 Å². The summed E-state index contributed by atoms with van der Waals surface area (Å²) in [6.45, 7) is 3.34. The number of benzene rings is 1. The first-order chi connectivity index (χ1) is 7.87.